The van der Waals surface area contributed by atoms with Crippen molar-refractivity contribution in [3.63, 3.8) is 0 Å². The van der Waals surface area contributed by atoms with Crippen LogP contribution in [0.1, 0.15) is 53.2 Å². The monoisotopic (exact) mass is 443 g/mol. The van der Waals surface area contributed by atoms with Gasteiger partial charge >= 0.3 is 0 Å². The number of benzene rings is 2. The molecule has 0 bridgehead atoms. The highest BCUT2D eigenvalue weighted by molar-refractivity contribution is 6.14. The zero-order valence-electron chi connectivity index (χ0n) is 18.6. The van der Waals surface area contributed by atoms with Crippen LogP contribution >= 0.6 is 0 Å². The number of fused-ring (bicyclic) bond motifs is 1. The molecule has 0 fully saturated rings. The van der Waals surface area contributed by atoms with E-state index in [2.05, 4.69) is 39.7 Å². The Labute approximate surface area is 190 Å². The van der Waals surface area contributed by atoms with Gasteiger partial charge in [0.05, 0.1) is 10.9 Å². The number of aromatic amines is 1. The highest BCUT2D eigenvalue weighted by Crippen LogP contribution is 2.28. The van der Waals surface area contributed by atoms with Gasteiger partial charge in [0, 0.05) is 0 Å². The summed E-state index contributed by atoms with van der Waals surface area (Å²) >= 11 is 0. The Kier molecular flexibility index (Phi) is 6.44. The normalized spacial score (nSPS) is 11.5. The Bertz CT molecular complexity index is 1370. The highest BCUT2D eigenvalue weighted by Gasteiger charge is 2.21. The van der Waals surface area contributed by atoms with E-state index in [-0.39, 0.29) is 39.6 Å². The summed E-state index contributed by atoms with van der Waals surface area (Å²) in [5.74, 6) is -0.274. The van der Waals surface area contributed by atoms with Gasteiger partial charge < -0.3 is 10.2 Å². The average Bonchev–Trinajstić information content (AvgIpc) is 3.35. The molecule has 3 N–H and O–H groups in total. The SMILES string of the molecule is CCCCCc1ccc(C=CC(=O)c2cc(C)cc3c(=O)c(N)c(-c4nn[nH]n4)oc23)cc1. The van der Waals surface area contributed by atoms with Crippen molar-refractivity contribution in [2.24, 2.45) is 0 Å². The Hall–Kier alpha value is -4.07. The van der Waals surface area contributed by atoms with E-state index in [1.807, 2.05) is 12.1 Å². The first kappa shape index (κ1) is 22.1. The second kappa shape index (κ2) is 9.60. The minimum atomic E-state index is -0.448. The second-order valence-electron chi connectivity index (χ2n) is 7.99. The van der Waals surface area contributed by atoms with Gasteiger partial charge in [-0.3, -0.25) is 9.59 Å². The summed E-state index contributed by atoms with van der Waals surface area (Å²) in [7, 11) is 0. The zero-order valence-corrected chi connectivity index (χ0v) is 18.6. The van der Waals surface area contributed by atoms with Crippen LogP contribution in [0.25, 0.3) is 28.6 Å². The molecule has 0 unspecified atom stereocenters. The number of hydrogen-bond donors (Lipinski definition) is 2. The van der Waals surface area contributed by atoms with Crippen LogP contribution < -0.4 is 11.2 Å². The van der Waals surface area contributed by atoms with Crippen LogP contribution in [-0.2, 0) is 6.42 Å². The molecule has 0 amide bonds. The molecule has 2 aromatic heterocycles. The number of nitrogens with one attached hydrogen (secondary N) is 1. The molecule has 0 saturated carbocycles. The molecule has 0 aliphatic carbocycles. The number of allylic oxidation sites excluding steroid dienone is 1. The van der Waals surface area contributed by atoms with Crippen LogP contribution in [0.4, 0.5) is 5.69 Å². The van der Waals surface area contributed by atoms with E-state index in [4.69, 9.17) is 10.2 Å². The van der Waals surface area contributed by atoms with Crippen molar-refractivity contribution >= 4 is 28.5 Å². The van der Waals surface area contributed by atoms with Crippen LogP contribution in [0.2, 0.25) is 0 Å². The van der Waals surface area contributed by atoms with Gasteiger partial charge in [-0.2, -0.15) is 5.21 Å². The molecule has 0 atom stereocenters. The lowest BCUT2D eigenvalue weighted by molar-refractivity contribution is 0.104. The van der Waals surface area contributed by atoms with Crippen molar-refractivity contribution in [3.8, 4) is 11.6 Å². The van der Waals surface area contributed by atoms with Crippen LogP contribution in [-0.4, -0.2) is 26.4 Å². The first-order valence-corrected chi connectivity index (χ1v) is 10.9. The molecule has 4 aromatic rings. The summed E-state index contributed by atoms with van der Waals surface area (Å²) in [6.45, 7) is 3.99. The fraction of sp³-hybridized carbons (Fsp3) is 0.240. The number of aromatic nitrogens is 4. The quantitative estimate of drug-likeness (QED) is 0.233. The van der Waals surface area contributed by atoms with E-state index in [9.17, 15) is 9.59 Å². The molecule has 33 heavy (non-hydrogen) atoms. The van der Waals surface area contributed by atoms with E-state index in [1.54, 1.807) is 25.1 Å². The molecule has 0 spiro atoms. The number of nitrogens with two attached hydrogens (primary N) is 1. The number of hydrogen-bond acceptors (Lipinski definition) is 7. The minimum absolute atomic E-state index is 0.0261. The summed E-state index contributed by atoms with van der Waals surface area (Å²) in [4.78, 5) is 26.0. The number of anilines is 1. The number of rotatable bonds is 8. The third-order valence-corrected chi connectivity index (χ3v) is 5.46. The summed E-state index contributed by atoms with van der Waals surface area (Å²) in [5.41, 5.74) is 8.73. The van der Waals surface area contributed by atoms with E-state index >= 15 is 0 Å². The molecule has 2 aromatic carbocycles. The fourth-order valence-corrected chi connectivity index (χ4v) is 3.70. The van der Waals surface area contributed by atoms with E-state index in [1.165, 1.54) is 30.9 Å². The van der Waals surface area contributed by atoms with Gasteiger partial charge in [-0.1, -0.05) is 50.1 Å². The van der Waals surface area contributed by atoms with Gasteiger partial charge in [-0.05, 0) is 59.9 Å². The van der Waals surface area contributed by atoms with Crippen LogP contribution in [0.15, 0.2) is 51.7 Å². The molecule has 168 valence electrons. The molecule has 0 saturated heterocycles. The highest BCUT2D eigenvalue weighted by atomic mass is 16.3. The minimum Gasteiger partial charge on any atom is -0.449 e. The second-order valence-corrected chi connectivity index (χ2v) is 7.99. The molecule has 0 aliphatic heterocycles. The lowest BCUT2D eigenvalue weighted by Gasteiger charge is -2.08. The van der Waals surface area contributed by atoms with Crippen molar-refractivity contribution < 1.29 is 9.21 Å². The van der Waals surface area contributed by atoms with Crippen molar-refractivity contribution in [1.82, 2.24) is 20.6 Å². The van der Waals surface area contributed by atoms with Crippen molar-refractivity contribution in [1.29, 1.82) is 0 Å². The molecule has 0 radical (unpaired) electrons. The number of aryl methyl sites for hydroxylation is 2. The maximum absolute atomic E-state index is 13.1. The molecule has 0 aliphatic rings. The zero-order chi connectivity index (χ0) is 23.4. The fourth-order valence-electron chi connectivity index (χ4n) is 3.70. The Morgan fingerprint density at radius 1 is 1.18 bits per heavy atom. The summed E-state index contributed by atoms with van der Waals surface area (Å²) in [6, 6.07) is 11.5. The number of tetrazole rings is 1. The smallest absolute Gasteiger partial charge is 0.242 e. The van der Waals surface area contributed by atoms with E-state index in [0.29, 0.717) is 0 Å². The maximum Gasteiger partial charge on any atom is 0.242 e. The number of carbonyl (C=O) groups excluding carboxylic acids is 1. The standard InChI is InChI=1S/C25H25N5O3/c1-3-4-5-6-16-7-9-17(10-8-16)11-12-20(31)18-13-15(2)14-19-22(32)21(26)24(33-23(18)19)25-27-29-30-28-25/h7-14H,3-6,26H2,1-2H3,(H,27,28,29,30). The maximum atomic E-state index is 13.1. The van der Waals surface area contributed by atoms with Crippen molar-refractivity contribution in [3.05, 3.63) is 75.0 Å². The van der Waals surface area contributed by atoms with Crippen molar-refractivity contribution in [2.75, 3.05) is 5.73 Å². The molecule has 8 nitrogen and oxygen atoms in total. The van der Waals surface area contributed by atoms with Gasteiger partial charge in [0.1, 0.15) is 11.3 Å². The predicted molar refractivity (Wildman–Crippen MR) is 128 cm³/mol. The lowest BCUT2D eigenvalue weighted by Crippen LogP contribution is -2.12. The Morgan fingerprint density at radius 3 is 2.67 bits per heavy atom. The Balaban J connectivity index is 1.67. The molecule has 4 rings (SSSR count). The third kappa shape index (κ3) is 4.74. The number of nitrogens with zero attached hydrogens (tertiary/aromatic N) is 3. The van der Waals surface area contributed by atoms with E-state index in [0.717, 1.165) is 17.5 Å². The number of ketones is 1. The third-order valence-electron chi connectivity index (χ3n) is 5.46. The molecular formula is C25H25N5O3. The van der Waals surface area contributed by atoms with Gasteiger partial charge in [0.2, 0.25) is 17.0 Å². The number of nitrogen functional groups attached to an aromatic ring is 1. The van der Waals surface area contributed by atoms with Gasteiger partial charge in [-0.15, -0.1) is 10.2 Å². The van der Waals surface area contributed by atoms with Crippen LogP contribution in [0, 0.1) is 6.92 Å². The largest absolute Gasteiger partial charge is 0.449 e. The summed E-state index contributed by atoms with van der Waals surface area (Å²) in [5, 5.41) is 13.7. The topological polar surface area (TPSA) is 128 Å². The van der Waals surface area contributed by atoms with Crippen LogP contribution in [0.3, 0.4) is 0 Å². The van der Waals surface area contributed by atoms with Gasteiger partial charge in [0.25, 0.3) is 0 Å². The number of carbonyl (C=O) groups is 1. The first-order chi connectivity index (χ1) is 16.0. The number of unbranched alkanes of at least 4 members (excludes halogenated alkanes) is 2. The van der Waals surface area contributed by atoms with E-state index < -0.39 is 5.43 Å². The average molecular weight is 444 g/mol. The first-order valence-electron chi connectivity index (χ1n) is 10.9. The predicted octanol–water partition coefficient (Wildman–Crippen LogP) is 4.49. The van der Waals surface area contributed by atoms with Crippen LogP contribution in [0.5, 0.6) is 0 Å². The van der Waals surface area contributed by atoms with Gasteiger partial charge in [-0.25, -0.2) is 0 Å². The van der Waals surface area contributed by atoms with Gasteiger partial charge in [0.15, 0.2) is 5.78 Å². The summed E-state index contributed by atoms with van der Waals surface area (Å²) < 4.78 is 5.87. The number of H-pyrrole nitrogens is 1. The molecule has 8 heteroatoms. The molecule has 2 heterocycles. The summed E-state index contributed by atoms with van der Waals surface area (Å²) in [6.07, 6.45) is 7.87. The van der Waals surface area contributed by atoms with Crippen molar-refractivity contribution in [2.45, 2.75) is 39.5 Å². The lowest BCUT2D eigenvalue weighted by atomic mass is 10.0. The Morgan fingerprint density at radius 2 is 1.97 bits per heavy atom. The molecular weight excluding hydrogens is 418 g/mol.